The minimum Gasteiger partial charge on any atom is -0.327 e. The average Bonchev–Trinajstić information content (AvgIpc) is 2.19. The second-order valence-corrected chi connectivity index (χ2v) is 5.23. The lowest BCUT2D eigenvalue weighted by Gasteiger charge is -2.14. The highest BCUT2D eigenvalue weighted by molar-refractivity contribution is 7.85. The summed E-state index contributed by atoms with van der Waals surface area (Å²) in [5, 5.41) is 0. The molecule has 0 aromatic heterocycles. The summed E-state index contributed by atoms with van der Waals surface area (Å²) in [5.74, 6) is 0.921. The van der Waals surface area contributed by atoms with Gasteiger partial charge in [0.05, 0.1) is 10.8 Å². The van der Waals surface area contributed by atoms with E-state index in [4.69, 9.17) is 5.73 Å². The van der Waals surface area contributed by atoms with Gasteiger partial charge in [-0.1, -0.05) is 32.0 Å². The summed E-state index contributed by atoms with van der Waals surface area (Å²) in [7, 11) is -0.959. The molecule has 0 heterocycles. The van der Waals surface area contributed by atoms with Crippen LogP contribution in [0.25, 0.3) is 0 Å². The molecule has 2 atom stereocenters. The molecule has 1 rings (SSSR count). The summed E-state index contributed by atoms with van der Waals surface area (Å²) < 4.78 is 11.8. The Balaban J connectivity index is 2.60. The van der Waals surface area contributed by atoms with Crippen molar-refractivity contribution in [1.82, 2.24) is 0 Å². The zero-order chi connectivity index (χ0) is 10.6. The predicted molar refractivity (Wildman–Crippen MR) is 60.5 cm³/mol. The highest BCUT2D eigenvalue weighted by atomic mass is 32.2. The number of hydrogen-bond acceptors (Lipinski definition) is 2. The fraction of sp³-hybridized carbons (Fsp3) is 0.455. The number of hydrogen-bond donors (Lipinski definition) is 1. The molecule has 1 aromatic rings. The van der Waals surface area contributed by atoms with Crippen LogP contribution in [0.15, 0.2) is 35.2 Å². The molecule has 78 valence electrons. The molecule has 0 aliphatic rings. The fourth-order valence-corrected chi connectivity index (χ4v) is 2.42. The molecule has 0 amide bonds. The van der Waals surface area contributed by atoms with Gasteiger partial charge in [-0.05, 0) is 18.1 Å². The van der Waals surface area contributed by atoms with E-state index < -0.39 is 10.8 Å². The predicted octanol–water partition coefficient (Wildman–Crippen LogP) is 1.78. The van der Waals surface area contributed by atoms with E-state index >= 15 is 0 Å². The molecule has 0 saturated heterocycles. The van der Waals surface area contributed by atoms with Gasteiger partial charge >= 0.3 is 0 Å². The second-order valence-electron chi connectivity index (χ2n) is 3.73. The molecule has 0 spiro atoms. The van der Waals surface area contributed by atoms with Crippen molar-refractivity contribution in [3.8, 4) is 0 Å². The smallest absolute Gasteiger partial charge is 0.0545 e. The Bertz CT molecular complexity index is 297. The highest BCUT2D eigenvalue weighted by Crippen LogP contribution is 2.09. The van der Waals surface area contributed by atoms with Crippen molar-refractivity contribution < 1.29 is 4.21 Å². The molecule has 3 heteroatoms. The topological polar surface area (TPSA) is 43.1 Å². The molecule has 2 N–H and O–H groups in total. The van der Waals surface area contributed by atoms with E-state index in [1.807, 2.05) is 44.2 Å². The zero-order valence-corrected chi connectivity index (χ0v) is 9.46. The molecule has 0 bridgehead atoms. The Morgan fingerprint density at radius 3 is 2.36 bits per heavy atom. The third-order valence-electron chi connectivity index (χ3n) is 2.21. The van der Waals surface area contributed by atoms with Crippen molar-refractivity contribution in [3.63, 3.8) is 0 Å². The van der Waals surface area contributed by atoms with Crippen molar-refractivity contribution in [1.29, 1.82) is 0 Å². The first-order valence-electron chi connectivity index (χ1n) is 4.80. The molecule has 0 aliphatic carbocycles. The summed E-state index contributed by atoms with van der Waals surface area (Å²) in [5.41, 5.74) is 5.86. The minimum absolute atomic E-state index is 0.0102. The first-order chi connectivity index (χ1) is 6.61. The minimum atomic E-state index is -0.959. The van der Waals surface area contributed by atoms with E-state index in [9.17, 15) is 4.21 Å². The first kappa shape index (κ1) is 11.4. The zero-order valence-electron chi connectivity index (χ0n) is 8.64. The van der Waals surface area contributed by atoms with E-state index in [0.717, 1.165) is 4.90 Å². The van der Waals surface area contributed by atoms with Crippen molar-refractivity contribution in [2.24, 2.45) is 11.7 Å². The molecule has 1 aromatic carbocycles. The fourth-order valence-electron chi connectivity index (χ4n) is 1.04. The van der Waals surface area contributed by atoms with Crippen LogP contribution in [-0.4, -0.2) is 16.0 Å². The van der Waals surface area contributed by atoms with Crippen molar-refractivity contribution in [2.45, 2.75) is 24.8 Å². The van der Waals surface area contributed by atoms with Gasteiger partial charge in [0, 0.05) is 16.7 Å². The Hall–Kier alpha value is -0.670. The maximum absolute atomic E-state index is 11.8. The van der Waals surface area contributed by atoms with E-state index in [1.54, 1.807) is 0 Å². The molecule has 0 radical (unpaired) electrons. The van der Waals surface area contributed by atoms with Gasteiger partial charge in [0.2, 0.25) is 0 Å². The summed E-state index contributed by atoms with van der Waals surface area (Å²) >= 11 is 0. The Labute approximate surface area is 88.0 Å². The van der Waals surface area contributed by atoms with Gasteiger partial charge in [-0.3, -0.25) is 4.21 Å². The van der Waals surface area contributed by atoms with Crippen LogP contribution in [0.5, 0.6) is 0 Å². The lowest BCUT2D eigenvalue weighted by atomic mass is 10.1. The number of rotatable bonds is 4. The molecule has 0 aliphatic heterocycles. The molecule has 2 unspecified atom stereocenters. The largest absolute Gasteiger partial charge is 0.327 e. The Morgan fingerprint density at radius 1 is 1.29 bits per heavy atom. The van der Waals surface area contributed by atoms with Gasteiger partial charge in [0.25, 0.3) is 0 Å². The third-order valence-corrected chi connectivity index (χ3v) is 3.69. The van der Waals surface area contributed by atoms with E-state index in [2.05, 4.69) is 0 Å². The first-order valence-corrected chi connectivity index (χ1v) is 6.12. The molecular formula is C11H17NOS. The summed E-state index contributed by atoms with van der Waals surface area (Å²) in [4.78, 5) is 0.864. The number of benzene rings is 1. The van der Waals surface area contributed by atoms with Gasteiger partial charge in [-0.25, -0.2) is 0 Å². The van der Waals surface area contributed by atoms with Crippen LogP contribution in [0, 0.1) is 5.92 Å². The van der Waals surface area contributed by atoms with Crippen LogP contribution >= 0.6 is 0 Å². The van der Waals surface area contributed by atoms with Gasteiger partial charge in [0.15, 0.2) is 0 Å². The normalized spacial score (nSPS) is 15.4. The van der Waals surface area contributed by atoms with Crippen LogP contribution < -0.4 is 5.73 Å². The van der Waals surface area contributed by atoms with Crippen LogP contribution in [0.1, 0.15) is 13.8 Å². The number of nitrogens with two attached hydrogens (primary N) is 1. The molecule has 2 nitrogen and oxygen atoms in total. The summed E-state index contributed by atoms with van der Waals surface area (Å²) in [6, 6.07) is 9.48. The maximum atomic E-state index is 11.8. The van der Waals surface area contributed by atoms with E-state index in [1.165, 1.54) is 0 Å². The molecule has 0 saturated carbocycles. The van der Waals surface area contributed by atoms with Crippen LogP contribution in [-0.2, 0) is 10.8 Å². The van der Waals surface area contributed by atoms with Crippen LogP contribution in [0.2, 0.25) is 0 Å². The molecule has 0 fully saturated rings. The van der Waals surface area contributed by atoms with Gasteiger partial charge < -0.3 is 5.73 Å². The lowest BCUT2D eigenvalue weighted by molar-refractivity contribution is 0.530. The summed E-state index contributed by atoms with van der Waals surface area (Å²) in [6.07, 6.45) is 0. The second kappa shape index (κ2) is 5.27. The Kier molecular flexibility index (Phi) is 4.29. The van der Waals surface area contributed by atoms with E-state index in [-0.39, 0.29) is 6.04 Å². The average molecular weight is 211 g/mol. The van der Waals surface area contributed by atoms with Crippen molar-refractivity contribution in [2.75, 3.05) is 5.75 Å². The third kappa shape index (κ3) is 3.24. The SMILES string of the molecule is CC(C)C(N)CS(=O)c1ccccc1. The quantitative estimate of drug-likeness (QED) is 0.825. The highest BCUT2D eigenvalue weighted by Gasteiger charge is 2.12. The Morgan fingerprint density at radius 2 is 1.86 bits per heavy atom. The van der Waals surface area contributed by atoms with Gasteiger partial charge in [0.1, 0.15) is 0 Å². The maximum Gasteiger partial charge on any atom is 0.0545 e. The standard InChI is InChI=1S/C11H17NOS/c1-9(2)11(12)8-14(13)10-6-4-3-5-7-10/h3-7,9,11H,8,12H2,1-2H3. The monoisotopic (exact) mass is 211 g/mol. The van der Waals surface area contributed by atoms with E-state index in [0.29, 0.717) is 11.7 Å². The summed E-state index contributed by atoms with van der Waals surface area (Å²) in [6.45, 7) is 4.10. The van der Waals surface area contributed by atoms with Gasteiger partial charge in [-0.15, -0.1) is 0 Å². The molecule has 14 heavy (non-hydrogen) atoms. The van der Waals surface area contributed by atoms with Crippen molar-refractivity contribution >= 4 is 10.8 Å². The lowest BCUT2D eigenvalue weighted by Crippen LogP contribution is -2.32. The molecular weight excluding hydrogens is 194 g/mol. The van der Waals surface area contributed by atoms with Crippen molar-refractivity contribution in [3.05, 3.63) is 30.3 Å². The van der Waals surface area contributed by atoms with Crippen LogP contribution in [0.3, 0.4) is 0 Å². The van der Waals surface area contributed by atoms with Gasteiger partial charge in [-0.2, -0.15) is 0 Å². The van der Waals surface area contributed by atoms with Crippen LogP contribution in [0.4, 0.5) is 0 Å².